The fraction of sp³-hybridized carbons (Fsp3) is 0.182. The number of carbonyl (C=O) groups excluding carboxylic acids is 1. The summed E-state index contributed by atoms with van der Waals surface area (Å²) in [5.74, 6) is -0.0848. The highest BCUT2D eigenvalue weighted by atomic mass is 32.1. The first-order chi connectivity index (χ1) is 13.6. The minimum atomic E-state index is -0.0848. The lowest BCUT2D eigenvalue weighted by Crippen LogP contribution is -2.15. The summed E-state index contributed by atoms with van der Waals surface area (Å²) < 4.78 is 4.04. The fourth-order valence-electron chi connectivity index (χ4n) is 3.37. The maximum atomic E-state index is 13.0. The molecule has 0 bridgehead atoms. The van der Waals surface area contributed by atoms with Gasteiger partial charge in [0.1, 0.15) is 0 Å². The highest BCUT2D eigenvalue weighted by Crippen LogP contribution is 2.22. The van der Waals surface area contributed by atoms with Gasteiger partial charge in [-0.15, -0.1) is 11.3 Å². The van der Waals surface area contributed by atoms with Crippen molar-refractivity contribution in [2.24, 2.45) is 0 Å². The quantitative estimate of drug-likeness (QED) is 0.518. The molecule has 1 N–H and O–H groups in total. The number of anilines is 1. The molecule has 0 aliphatic carbocycles. The van der Waals surface area contributed by atoms with Gasteiger partial charge in [0.25, 0.3) is 5.91 Å². The van der Waals surface area contributed by atoms with E-state index in [0.29, 0.717) is 12.1 Å². The van der Waals surface area contributed by atoms with Crippen LogP contribution >= 0.6 is 11.3 Å². The third-order valence-corrected chi connectivity index (χ3v) is 5.73. The maximum Gasteiger partial charge on any atom is 0.257 e. The Labute approximate surface area is 168 Å². The van der Waals surface area contributed by atoms with Crippen molar-refractivity contribution >= 4 is 22.9 Å². The lowest BCUT2D eigenvalue weighted by molar-refractivity contribution is 0.102. The first-order valence-corrected chi connectivity index (χ1v) is 10.1. The van der Waals surface area contributed by atoms with Crippen LogP contribution in [0.4, 0.5) is 5.69 Å². The molecule has 0 fully saturated rings. The number of thiophene rings is 1. The molecule has 28 heavy (non-hydrogen) atoms. The largest absolute Gasteiger partial charge is 0.343 e. The van der Waals surface area contributed by atoms with Gasteiger partial charge in [0.05, 0.1) is 18.7 Å². The Hall–Kier alpha value is -3.12. The van der Waals surface area contributed by atoms with E-state index in [2.05, 4.69) is 32.5 Å². The molecule has 1 amide bonds. The van der Waals surface area contributed by atoms with Crippen LogP contribution in [-0.2, 0) is 13.1 Å². The number of aryl methyl sites for hydroxylation is 1. The van der Waals surface area contributed by atoms with Gasteiger partial charge in [-0.25, -0.2) is 0 Å². The number of benzene rings is 1. The molecule has 5 nitrogen and oxygen atoms in total. The van der Waals surface area contributed by atoms with Crippen molar-refractivity contribution in [3.8, 4) is 0 Å². The Bertz CT molecular complexity index is 1080. The average molecular weight is 391 g/mol. The van der Waals surface area contributed by atoms with E-state index in [0.717, 1.165) is 29.2 Å². The molecule has 4 aromatic rings. The van der Waals surface area contributed by atoms with Gasteiger partial charge in [-0.1, -0.05) is 24.3 Å². The predicted octanol–water partition coefficient (Wildman–Crippen LogP) is 4.71. The van der Waals surface area contributed by atoms with Crippen LogP contribution in [0.2, 0.25) is 0 Å². The van der Waals surface area contributed by atoms with Crippen LogP contribution in [0.1, 0.15) is 32.2 Å². The SMILES string of the molecule is Cc1cc(C(=O)Nc2ccccc2Cn2cccn2)c(C)n1Cc1cccs1. The molecule has 0 radical (unpaired) electrons. The van der Waals surface area contributed by atoms with Gasteiger partial charge in [-0.3, -0.25) is 9.48 Å². The van der Waals surface area contributed by atoms with Crippen LogP contribution in [0.25, 0.3) is 0 Å². The highest BCUT2D eigenvalue weighted by Gasteiger charge is 2.17. The first-order valence-electron chi connectivity index (χ1n) is 9.17. The Morgan fingerprint density at radius 3 is 2.71 bits per heavy atom. The van der Waals surface area contributed by atoms with E-state index >= 15 is 0 Å². The van der Waals surface area contributed by atoms with Gasteiger partial charge >= 0.3 is 0 Å². The molecule has 0 aliphatic heterocycles. The molecule has 3 heterocycles. The van der Waals surface area contributed by atoms with E-state index in [1.54, 1.807) is 17.5 Å². The van der Waals surface area contributed by atoms with Gasteiger partial charge in [0.15, 0.2) is 0 Å². The van der Waals surface area contributed by atoms with E-state index in [4.69, 9.17) is 0 Å². The zero-order chi connectivity index (χ0) is 19.5. The summed E-state index contributed by atoms with van der Waals surface area (Å²) in [7, 11) is 0. The minimum absolute atomic E-state index is 0.0848. The Balaban J connectivity index is 1.56. The minimum Gasteiger partial charge on any atom is -0.343 e. The van der Waals surface area contributed by atoms with Crippen LogP contribution in [0, 0.1) is 13.8 Å². The molecule has 6 heteroatoms. The molecule has 0 atom stereocenters. The smallest absolute Gasteiger partial charge is 0.257 e. The van der Waals surface area contributed by atoms with E-state index in [1.165, 1.54) is 4.88 Å². The second kappa shape index (κ2) is 7.86. The predicted molar refractivity (Wildman–Crippen MR) is 113 cm³/mol. The van der Waals surface area contributed by atoms with Gasteiger partial charge in [-0.2, -0.15) is 5.10 Å². The van der Waals surface area contributed by atoms with Crippen LogP contribution < -0.4 is 5.32 Å². The van der Waals surface area contributed by atoms with Crippen LogP contribution in [-0.4, -0.2) is 20.3 Å². The third kappa shape index (κ3) is 3.77. The van der Waals surface area contributed by atoms with Gasteiger partial charge in [0.2, 0.25) is 0 Å². The number of para-hydroxylation sites is 1. The molecule has 142 valence electrons. The van der Waals surface area contributed by atoms with Crippen molar-refractivity contribution in [2.75, 3.05) is 5.32 Å². The number of aromatic nitrogens is 3. The highest BCUT2D eigenvalue weighted by molar-refractivity contribution is 7.09. The van der Waals surface area contributed by atoms with Crippen molar-refractivity contribution in [1.29, 1.82) is 0 Å². The second-order valence-corrected chi connectivity index (χ2v) is 7.80. The second-order valence-electron chi connectivity index (χ2n) is 6.77. The summed E-state index contributed by atoms with van der Waals surface area (Å²) in [5, 5.41) is 9.42. The van der Waals surface area contributed by atoms with Gasteiger partial charge in [-0.05, 0) is 49.1 Å². The topological polar surface area (TPSA) is 51.9 Å². The summed E-state index contributed by atoms with van der Waals surface area (Å²) in [6.07, 6.45) is 3.67. The molecule has 1 aromatic carbocycles. The van der Waals surface area contributed by atoms with Crippen molar-refractivity contribution in [3.63, 3.8) is 0 Å². The van der Waals surface area contributed by atoms with E-state index in [9.17, 15) is 4.79 Å². The number of nitrogens with one attached hydrogen (secondary N) is 1. The molecule has 4 rings (SSSR count). The number of nitrogens with zero attached hydrogens (tertiary/aromatic N) is 3. The Kier molecular flexibility index (Phi) is 5.12. The van der Waals surface area contributed by atoms with Crippen molar-refractivity contribution in [3.05, 3.63) is 93.7 Å². The molecule has 0 unspecified atom stereocenters. The third-order valence-electron chi connectivity index (χ3n) is 4.87. The summed E-state index contributed by atoms with van der Waals surface area (Å²) in [6, 6.07) is 15.9. The molecule has 0 aliphatic rings. The number of carbonyl (C=O) groups is 1. The monoisotopic (exact) mass is 390 g/mol. The fourth-order valence-corrected chi connectivity index (χ4v) is 4.06. The molecule has 3 aromatic heterocycles. The van der Waals surface area contributed by atoms with E-state index < -0.39 is 0 Å². The standard InChI is InChI=1S/C22H22N4OS/c1-16-13-20(17(2)26(16)15-19-8-5-12-28-19)22(27)24-21-9-4-3-7-18(21)14-25-11-6-10-23-25/h3-13H,14-15H2,1-2H3,(H,24,27). The maximum absolute atomic E-state index is 13.0. The van der Waals surface area contributed by atoms with Crippen molar-refractivity contribution < 1.29 is 4.79 Å². The zero-order valence-corrected chi connectivity index (χ0v) is 16.7. The summed E-state index contributed by atoms with van der Waals surface area (Å²) in [6.45, 7) is 5.45. The van der Waals surface area contributed by atoms with Crippen molar-refractivity contribution in [2.45, 2.75) is 26.9 Å². The lowest BCUT2D eigenvalue weighted by Gasteiger charge is -2.12. The number of hydrogen-bond acceptors (Lipinski definition) is 3. The van der Waals surface area contributed by atoms with E-state index in [1.807, 2.05) is 61.1 Å². The average Bonchev–Trinajstić information content (AvgIpc) is 3.43. The summed E-state index contributed by atoms with van der Waals surface area (Å²) in [4.78, 5) is 14.3. The number of amides is 1. The summed E-state index contributed by atoms with van der Waals surface area (Å²) in [5.41, 5.74) is 4.61. The molecule has 0 spiro atoms. The summed E-state index contributed by atoms with van der Waals surface area (Å²) >= 11 is 1.73. The first kappa shape index (κ1) is 18.3. The number of rotatable bonds is 6. The van der Waals surface area contributed by atoms with E-state index in [-0.39, 0.29) is 5.91 Å². The van der Waals surface area contributed by atoms with Crippen LogP contribution in [0.15, 0.2) is 66.3 Å². The lowest BCUT2D eigenvalue weighted by atomic mass is 10.1. The zero-order valence-electron chi connectivity index (χ0n) is 15.9. The van der Waals surface area contributed by atoms with Gasteiger partial charge in [0, 0.05) is 34.3 Å². The normalized spacial score (nSPS) is 10.9. The van der Waals surface area contributed by atoms with Crippen LogP contribution in [0.3, 0.4) is 0 Å². The molecular weight excluding hydrogens is 368 g/mol. The molecule has 0 saturated heterocycles. The molecule has 0 saturated carbocycles. The molecular formula is C22H22N4OS. The van der Waals surface area contributed by atoms with Crippen LogP contribution in [0.5, 0.6) is 0 Å². The number of hydrogen-bond donors (Lipinski definition) is 1. The Morgan fingerprint density at radius 2 is 1.96 bits per heavy atom. The van der Waals surface area contributed by atoms with Crippen molar-refractivity contribution in [1.82, 2.24) is 14.3 Å². The Morgan fingerprint density at radius 1 is 1.11 bits per heavy atom. The van der Waals surface area contributed by atoms with Gasteiger partial charge < -0.3 is 9.88 Å².